The topological polar surface area (TPSA) is 50.7 Å². The lowest BCUT2D eigenvalue weighted by Gasteiger charge is -2.24. The Morgan fingerprint density at radius 3 is 2.94 bits per heavy atom. The summed E-state index contributed by atoms with van der Waals surface area (Å²) in [5.74, 6) is 1.20. The van der Waals surface area contributed by atoms with E-state index in [1.54, 1.807) is 19.2 Å². The van der Waals surface area contributed by atoms with Crippen LogP contribution in [0.15, 0.2) is 12.1 Å². The summed E-state index contributed by atoms with van der Waals surface area (Å²) in [6.45, 7) is 1.42. The Morgan fingerprint density at radius 2 is 2.19 bits per heavy atom. The first-order valence-corrected chi connectivity index (χ1v) is 5.52. The van der Waals surface area contributed by atoms with Crippen molar-refractivity contribution in [2.45, 2.75) is 6.10 Å². The molecule has 0 aliphatic carbocycles. The molecule has 2 N–H and O–H groups in total. The molecule has 4 nitrogen and oxygen atoms in total. The number of aliphatic hydroxyl groups excluding tert-OH is 1. The molecule has 2 rings (SSSR count). The van der Waals surface area contributed by atoms with E-state index in [0.717, 1.165) is 0 Å². The van der Waals surface area contributed by atoms with Crippen LogP contribution in [0.3, 0.4) is 0 Å². The molecule has 1 aromatic rings. The van der Waals surface area contributed by atoms with Gasteiger partial charge in [0.05, 0.1) is 11.1 Å². The molecular formula is C11H14ClNO3. The van der Waals surface area contributed by atoms with Crippen molar-refractivity contribution in [3.8, 4) is 11.5 Å². The van der Waals surface area contributed by atoms with Gasteiger partial charge in [0, 0.05) is 12.1 Å². The highest BCUT2D eigenvalue weighted by Crippen LogP contribution is 2.41. The van der Waals surface area contributed by atoms with E-state index in [1.807, 2.05) is 0 Å². The maximum Gasteiger partial charge on any atom is 0.168 e. The van der Waals surface area contributed by atoms with Crippen LogP contribution in [0, 0.1) is 0 Å². The van der Waals surface area contributed by atoms with Crippen LogP contribution in [0.1, 0.15) is 11.7 Å². The standard InChI is InChI=1S/C11H14ClNO3/c1-13-6-8(14)10-7(12)2-3-9-11(10)16-5-4-15-9/h2-3,8,13-14H,4-6H2,1H3. The molecule has 1 aliphatic heterocycles. The Bertz CT molecular complexity index is 384. The summed E-state index contributed by atoms with van der Waals surface area (Å²) in [5, 5.41) is 13.4. The number of hydrogen-bond donors (Lipinski definition) is 2. The summed E-state index contributed by atoms with van der Waals surface area (Å²) in [5.41, 5.74) is 0.591. The van der Waals surface area contributed by atoms with Gasteiger partial charge in [-0.3, -0.25) is 0 Å². The van der Waals surface area contributed by atoms with E-state index in [-0.39, 0.29) is 0 Å². The number of halogens is 1. The largest absolute Gasteiger partial charge is 0.486 e. The SMILES string of the molecule is CNCC(O)c1c(Cl)ccc2c1OCCO2. The second-order valence-electron chi connectivity index (χ2n) is 3.56. The zero-order valence-corrected chi connectivity index (χ0v) is 9.75. The number of likely N-dealkylation sites (N-methyl/N-ethyl adjacent to an activating group) is 1. The number of ether oxygens (including phenoxy) is 2. The normalized spacial score (nSPS) is 15.9. The van der Waals surface area contributed by atoms with Gasteiger partial charge in [0.15, 0.2) is 11.5 Å². The number of aliphatic hydroxyl groups is 1. The van der Waals surface area contributed by atoms with Crippen LogP contribution < -0.4 is 14.8 Å². The zero-order valence-electron chi connectivity index (χ0n) is 9.00. The highest BCUT2D eigenvalue weighted by molar-refractivity contribution is 6.31. The predicted octanol–water partition coefficient (Wildman–Crippen LogP) is 1.36. The first kappa shape index (κ1) is 11.5. The number of benzene rings is 1. The molecule has 0 amide bonds. The van der Waals surface area contributed by atoms with E-state index < -0.39 is 6.10 Å². The highest BCUT2D eigenvalue weighted by atomic mass is 35.5. The third-order valence-electron chi connectivity index (χ3n) is 2.42. The van der Waals surface area contributed by atoms with Crippen molar-refractivity contribution < 1.29 is 14.6 Å². The number of nitrogens with one attached hydrogen (secondary N) is 1. The summed E-state index contributed by atoms with van der Waals surface area (Å²) in [7, 11) is 1.77. The lowest BCUT2D eigenvalue weighted by atomic mass is 10.1. The molecule has 1 aliphatic rings. The quantitative estimate of drug-likeness (QED) is 0.842. The third kappa shape index (κ3) is 2.09. The minimum absolute atomic E-state index is 0.416. The van der Waals surface area contributed by atoms with Crippen LogP contribution >= 0.6 is 11.6 Å². The van der Waals surface area contributed by atoms with Gasteiger partial charge in [-0.25, -0.2) is 0 Å². The zero-order chi connectivity index (χ0) is 11.5. The van der Waals surface area contributed by atoms with Gasteiger partial charge in [-0.2, -0.15) is 0 Å². The Balaban J connectivity index is 2.41. The average molecular weight is 244 g/mol. The van der Waals surface area contributed by atoms with E-state index >= 15 is 0 Å². The van der Waals surface area contributed by atoms with E-state index in [0.29, 0.717) is 41.8 Å². The van der Waals surface area contributed by atoms with Crippen molar-refractivity contribution in [1.29, 1.82) is 0 Å². The molecule has 1 atom stereocenters. The Labute approximate surface area is 99.1 Å². The van der Waals surface area contributed by atoms with Crippen molar-refractivity contribution >= 4 is 11.6 Å². The highest BCUT2D eigenvalue weighted by Gasteiger charge is 2.23. The van der Waals surface area contributed by atoms with E-state index in [2.05, 4.69) is 5.32 Å². The first-order valence-electron chi connectivity index (χ1n) is 5.14. The van der Waals surface area contributed by atoms with Crippen LogP contribution in [-0.2, 0) is 0 Å². The molecule has 1 aromatic carbocycles. The Hall–Kier alpha value is -0.970. The molecule has 1 unspecified atom stereocenters. The van der Waals surface area contributed by atoms with E-state index in [4.69, 9.17) is 21.1 Å². The summed E-state index contributed by atoms with van der Waals surface area (Å²) in [6.07, 6.45) is -0.700. The number of fused-ring (bicyclic) bond motifs is 1. The molecule has 0 bridgehead atoms. The van der Waals surface area contributed by atoms with Crippen molar-refractivity contribution in [2.24, 2.45) is 0 Å². The molecule has 0 fully saturated rings. The van der Waals surface area contributed by atoms with Crippen LogP contribution in [0.4, 0.5) is 0 Å². The number of hydrogen-bond acceptors (Lipinski definition) is 4. The van der Waals surface area contributed by atoms with Gasteiger partial charge < -0.3 is 19.9 Å². The van der Waals surface area contributed by atoms with Gasteiger partial charge in [0.2, 0.25) is 0 Å². The van der Waals surface area contributed by atoms with Gasteiger partial charge in [-0.1, -0.05) is 11.6 Å². The summed E-state index contributed by atoms with van der Waals surface area (Å²) in [6, 6.07) is 3.47. The molecule has 0 radical (unpaired) electrons. The van der Waals surface area contributed by atoms with Crippen LogP contribution in [0.5, 0.6) is 11.5 Å². The van der Waals surface area contributed by atoms with Crippen LogP contribution in [-0.4, -0.2) is 31.9 Å². The maximum absolute atomic E-state index is 9.97. The Morgan fingerprint density at radius 1 is 1.44 bits per heavy atom. The maximum atomic E-state index is 9.97. The van der Waals surface area contributed by atoms with Crippen LogP contribution in [0.2, 0.25) is 5.02 Å². The molecule has 88 valence electrons. The second kappa shape index (κ2) is 4.91. The monoisotopic (exact) mass is 243 g/mol. The summed E-state index contributed by atoms with van der Waals surface area (Å²) < 4.78 is 10.9. The fourth-order valence-electron chi connectivity index (χ4n) is 1.72. The molecule has 0 aromatic heterocycles. The molecule has 0 spiro atoms. The second-order valence-corrected chi connectivity index (χ2v) is 3.97. The summed E-state index contributed by atoms with van der Waals surface area (Å²) in [4.78, 5) is 0. The van der Waals surface area contributed by atoms with Gasteiger partial charge in [-0.05, 0) is 19.2 Å². The molecule has 0 saturated heterocycles. The van der Waals surface area contributed by atoms with Gasteiger partial charge in [0.25, 0.3) is 0 Å². The molecular weight excluding hydrogens is 230 g/mol. The van der Waals surface area contributed by atoms with E-state index in [1.165, 1.54) is 0 Å². The van der Waals surface area contributed by atoms with Crippen molar-refractivity contribution in [1.82, 2.24) is 5.32 Å². The van der Waals surface area contributed by atoms with Gasteiger partial charge in [0.1, 0.15) is 13.2 Å². The Kier molecular flexibility index (Phi) is 3.53. The van der Waals surface area contributed by atoms with Gasteiger partial charge >= 0.3 is 0 Å². The number of rotatable bonds is 3. The molecule has 5 heteroatoms. The van der Waals surface area contributed by atoms with E-state index in [9.17, 15) is 5.11 Å². The average Bonchev–Trinajstić information content (AvgIpc) is 2.29. The van der Waals surface area contributed by atoms with Crippen molar-refractivity contribution in [3.63, 3.8) is 0 Å². The molecule has 16 heavy (non-hydrogen) atoms. The summed E-state index contributed by atoms with van der Waals surface area (Å²) >= 11 is 6.07. The predicted molar refractivity (Wildman–Crippen MR) is 61.3 cm³/mol. The fourth-order valence-corrected chi connectivity index (χ4v) is 1.99. The molecule has 0 saturated carbocycles. The minimum Gasteiger partial charge on any atom is -0.486 e. The minimum atomic E-state index is -0.700. The van der Waals surface area contributed by atoms with Crippen LogP contribution in [0.25, 0.3) is 0 Å². The van der Waals surface area contributed by atoms with Gasteiger partial charge in [-0.15, -0.1) is 0 Å². The lowest BCUT2D eigenvalue weighted by molar-refractivity contribution is 0.146. The first-order chi connectivity index (χ1) is 7.74. The van der Waals surface area contributed by atoms with Crippen molar-refractivity contribution in [2.75, 3.05) is 26.8 Å². The van der Waals surface area contributed by atoms with Crippen molar-refractivity contribution in [3.05, 3.63) is 22.7 Å². The fraction of sp³-hybridized carbons (Fsp3) is 0.455. The smallest absolute Gasteiger partial charge is 0.168 e. The third-order valence-corrected chi connectivity index (χ3v) is 2.75. The lowest BCUT2D eigenvalue weighted by Crippen LogP contribution is -2.21. The molecule has 1 heterocycles.